The van der Waals surface area contributed by atoms with Crippen LogP contribution in [0.3, 0.4) is 0 Å². The van der Waals surface area contributed by atoms with Gasteiger partial charge < -0.3 is 10.8 Å². The number of halogens is 3. The number of rotatable bonds is 2. The van der Waals surface area contributed by atoms with Gasteiger partial charge in [-0.05, 0) is 12.5 Å². The molecule has 78 valence electrons. The molecule has 0 aromatic heterocycles. The molecule has 0 bridgehead atoms. The molecule has 0 saturated heterocycles. The van der Waals surface area contributed by atoms with Crippen LogP contribution in [-0.2, 0) is 0 Å². The van der Waals surface area contributed by atoms with Crippen molar-refractivity contribution < 1.29 is 18.3 Å². The molecule has 0 amide bonds. The molecular formula is C9H10F3NO. The third kappa shape index (κ3) is 1.82. The van der Waals surface area contributed by atoms with Crippen LogP contribution in [0, 0.1) is 12.7 Å². The fourth-order valence-corrected chi connectivity index (χ4v) is 1.09. The summed E-state index contributed by atoms with van der Waals surface area (Å²) in [5.74, 6) is -1.70. The maximum absolute atomic E-state index is 13.1. The average molecular weight is 205 g/mol. The van der Waals surface area contributed by atoms with E-state index in [9.17, 15) is 18.3 Å². The van der Waals surface area contributed by atoms with E-state index in [-0.39, 0.29) is 11.1 Å². The summed E-state index contributed by atoms with van der Waals surface area (Å²) < 4.78 is 37.4. The normalized spacial score (nSPS) is 13.3. The second-order valence-corrected chi connectivity index (χ2v) is 2.99. The molecule has 1 atom stereocenters. The van der Waals surface area contributed by atoms with Crippen molar-refractivity contribution in [3.63, 3.8) is 0 Å². The fourth-order valence-electron chi connectivity index (χ4n) is 1.09. The lowest BCUT2D eigenvalue weighted by atomic mass is 10.0. The van der Waals surface area contributed by atoms with Crippen molar-refractivity contribution in [2.75, 3.05) is 0 Å². The standard InChI is InChI=1S/C9H10F3NO/c1-4-2-3-5(7(13)9(11)12)8(14)6(4)10/h2-3,7,9,14H,13H2,1H3/t7-/m0/s1. The lowest BCUT2D eigenvalue weighted by Crippen LogP contribution is -2.19. The zero-order valence-electron chi connectivity index (χ0n) is 7.47. The smallest absolute Gasteiger partial charge is 0.257 e. The molecule has 1 aromatic rings. The molecule has 0 spiro atoms. The Hall–Kier alpha value is -1.23. The largest absolute Gasteiger partial charge is 0.505 e. The highest BCUT2D eigenvalue weighted by atomic mass is 19.3. The van der Waals surface area contributed by atoms with Crippen molar-refractivity contribution in [3.8, 4) is 5.75 Å². The lowest BCUT2D eigenvalue weighted by Gasteiger charge is -2.13. The van der Waals surface area contributed by atoms with Crippen molar-refractivity contribution in [1.82, 2.24) is 0 Å². The van der Waals surface area contributed by atoms with Gasteiger partial charge in [0, 0.05) is 5.56 Å². The number of benzene rings is 1. The first-order valence-corrected chi connectivity index (χ1v) is 3.97. The van der Waals surface area contributed by atoms with Gasteiger partial charge in [0.05, 0.1) is 6.04 Å². The van der Waals surface area contributed by atoms with E-state index >= 15 is 0 Å². The van der Waals surface area contributed by atoms with Gasteiger partial charge in [0.2, 0.25) is 0 Å². The molecule has 0 heterocycles. The van der Waals surface area contributed by atoms with Gasteiger partial charge >= 0.3 is 0 Å². The number of alkyl halides is 2. The molecule has 1 aromatic carbocycles. The third-order valence-corrected chi connectivity index (χ3v) is 1.97. The van der Waals surface area contributed by atoms with E-state index in [1.54, 1.807) is 0 Å². The van der Waals surface area contributed by atoms with E-state index in [4.69, 9.17) is 5.73 Å². The van der Waals surface area contributed by atoms with Gasteiger partial charge in [-0.25, -0.2) is 13.2 Å². The molecule has 0 radical (unpaired) electrons. The minimum Gasteiger partial charge on any atom is -0.505 e. The molecular weight excluding hydrogens is 195 g/mol. The van der Waals surface area contributed by atoms with Gasteiger partial charge in [-0.3, -0.25) is 0 Å². The van der Waals surface area contributed by atoms with Crippen LogP contribution in [0.25, 0.3) is 0 Å². The summed E-state index contributed by atoms with van der Waals surface area (Å²) in [5.41, 5.74) is 4.99. The number of hydrogen-bond acceptors (Lipinski definition) is 2. The van der Waals surface area contributed by atoms with Crippen LogP contribution >= 0.6 is 0 Å². The van der Waals surface area contributed by atoms with E-state index in [1.165, 1.54) is 19.1 Å². The second-order valence-electron chi connectivity index (χ2n) is 2.99. The summed E-state index contributed by atoms with van der Waals surface area (Å²) in [6, 6.07) is 0.835. The molecule has 2 nitrogen and oxygen atoms in total. The molecule has 0 unspecified atom stereocenters. The Morgan fingerprint density at radius 1 is 1.36 bits per heavy atom. The lowest BCUT2D eigenvalue weighted by molar-refractivity contribution is 0.115. The Balaban J connectivity index is 3.17. The number of nitrogens with two attached hydrogens (primary N) is 1. The van der Waals surface area contributed by atoms with Gasteiger partial charge in [0.25, 0.3) is 6.43 Å². The molecule has 1 rings (SSSR count). The molecule has 3 N–H and O–H groups in total. The van der Waals surface area contributed by atoms with Crippen LogP contribution in [-0.4, -0.2) is 11.5 Å². The van der Waals surface area contributed by atoms with E-state index in [2.05, 4.69) is 0 Å². The molecule has 0 aliphatic rings. The molecule has 5 heteroatoms. The first-order chi connectivity index (χ1) is 6.45. The average Bonchev–Trinajstić information content (AvgIpc) is 2.13. The van der Waals surface area contributed by atoms with Gasteiger partial charge in [-0.1, -0.05) is 12.1 Å². The van der Waals surface area contributed by atoms with Gasteiger partial charge in [0.1, 0.15) is 0 Å². The van der Waals surface area contributed by atoms with Gasteiger partial charge in [0.15, 0.2) is 11.6 Å². The van der Waals surface area contributed by atoms with Crippen LogP contribution in [0.1, 0.15) is 17.2 Å². The Kier molecular flexibility index (Phi) is 3.00. The minimum atomic E-state index is -2.83. The number of aromatic hydroxyl groups is 1. The van der Waals surface area contributed by atoms with Crippen molar-refractivity contribution in [2.45, 2.75) is 19.4 Å². The fraction of sp³-hybridized carbons (Fsp3) is 0.333. The highest BCUT2D eigenvalue weighted by Crippen LogP contribution is 2.30. The minimum absolute atomic E-state index is 0.188. The zero-order valence-corrected chi connectivity index (χ0v) is 7.47. The van der Waals surface area contributed by atoms with E-state index in [0.717, 1.165) is 0 Å². The van der Waals surface area contributed by atoms with Crippen LogP contribution < -0.4 is 5.73 Å². The molecule has 0 aliphatic carbocycles. The van der Waals surface area contributed by atoms with Crippen LogP contribution in [0.15, 0.2) is 12.1 Å². The number of phenolic OH excluding ortho intramolecular Hbond substituents is 1. The number of aryl methyl sites for hydroxylation is 1. The van der Waals surface area contributed by atoms with Crippen LogP contribution in [0.5, 0.6) is 5.75 Å². The zero-order chi connectivity index (χ0) is 10.9. The Morgan fingerprint density at radius 2 is 1.93 bits per heavy atom. The number of hydrogen-bond donors (Lipinski definition) is 2. The van der Waals surface area contributed by atoms with E-state index in [0.29, 0.717) is 0 Å². The second kappa shape index (κ2) is 3.88. The SMILES string of the molecule is Cc1ccc([C@H](N)C(F)F)c(O)c1F. The summed E-state index contributed by atoms with van der Waals surface area (Å²) in [7, 11) is 0. The van der Waals surface area contributed by atoms with Crippen molar-refractivity contribution >= 4 is 0 Å². The summed E-state index contributed by atoms with van der Waals surface area (Å²) in [4.78, 5) is 0. The Morgan fingerprint density at radius 3 is 2.43 bits per heavy atom. The van der Waals surface area contributed by atoms with Crippen LogP contribution in [0.4, 0.5) is 13.2 Å². The molecule has 0 fully saturated rings. The first kappa shape index (κ1) is 10.8. The Labute approximate surface area is 79.2 Å². The van der Waals surface area contributed by atoms with Crippen molar-refractivity contribution in [3.05, 3.63) is 29.1 Å². The molecule has 0 saturated carbocycles. The Bertz CT molecular complexity index is 341. The van der Waals surface area contributed by atoms with E-state index in [1.807, 2.05) is 0 Å². The third-order valence-electron chi connectivity index (χ3n) is 1.97. The maximum atomic E-state index is 13.1. The summed E-state index contributed by atoms with van der Waals surface area (Å²) >= 11 is 0. The van der Waals surface area contributed by atoms with Gasteiger partial charge in [-0.2, -0.15) is 0 Å². The highest BCUT2D eigenvalue weighted by molar-refractivity contribution is 5.39. The topological polar surface area (TPSA) is 46.2 Å². The summed E-state index contributed by atoms with van der Waals surface area (Å²) in [5, 5.41) is 9.21. The van der Waals surface area contributed by atoms with Crippen molar-refractivity contribution in [2.24, 2.45) is 5.73 Å². The van der Waals surface area contributed by atoms with Crippen LogP contribution in [0.2, 0.25) is 0 Å². The van der Waals surface area contributed by atoms with Gasteiger partial charge in [-0.15, -0.1) is 0 Å². The van der Waals surface area contributed by atoms with E-state index < -0.39 is 24.0 Å². The predicted molar refractivity (Wildman–Crippen MR) is 45.7 cm³/mol. The molecule has 14 heavy (non-hydrogen) atoms. The first-order valence-electron chi connectivity index (χ1n) is 3.97. The van der Waals surface area contributed by atoms with Crippen molar-refractivity contribution in [1.29, 1.82) is 0 Å². The maximum Gasteiger partial charge on any atom is 0.257 e. The molecule has 0 aliphatic heterocycles. The quantitative estimate of drug-likeness (QED) is 0.776. The predicted octanol–water partition coefficient (Wildman–Crippen LogP) is 2.10. The number of phenols is 1. The summed E-state index contributed by atoms with van der Waals surface area (Å²) in [6.07, 6.45) is -2.83. The monoisotopic (exact) mass is 205 g/mol. The highest BCUT2D eigenvalue weighted by Gasteiger charge is 2.22. The summed E-state index contributed by atoms with van der Waals surface area (Å²) in [6.45, 7) is 1.42.